The molecule has 0 spiro atoms. The maximum Gasteiger partial charge on any atom is 0.268 e. The van der Waals surface area contributed by atoms with Gasteiger partial charge in [-0.1, -0.05) is 24.3 Å². The lowest BCUT2D eigenvalue weighted by atomic mass is 10.0. The maximum atomic E-state index is 12.4. The Morgan fingerprint density at radius 3 is 2.17 bits per heavy atom. The van der Waals surface area contributed by atoms with Crippen LogP contribution in [0.3, 0.4) is 0 Å². The number of aliphatic hydroxyl groups excluding tert-OH is 1. The summed E-state index contributed by atoms with van der Waals surface area (Å²) in [4.78, 5) is 40.8. The van der Waals surface area contributed by atoms with Gasteiger partial charge in [-0.05, 0) is 62.8 Å². The molecule has 1 heterocycles. The molecule has 3 amide bonds. The third kappa shape index (κ3) is 7.09. The maximum absolute atomic E-state index is 12.4. The van der Waals surface area contributed by atoms with Gasteiger partial charge in [0.1, 0.15) is 6.04 Å². The van der Waals surface area contributed by atoms with Crippen LogP contribution in [0.4, 0.5) is 5.69 Å². The van der Waals surface area contributed by atoms with Crippen LogP contribution in [-0.4, -0.2) is 89.8 Å². The summed E-state index contributed by atoms with van der Waals surface area (Å²) in [6.07, 6.45) is -0.121. The van der Waals surface area contributed by atoms with E-state index in [-0.39, 0.29) is 5.91 Å². The molecule has 1 saturated heterocycles. The third-order valence-corrected chi connectivity index (χ3v) is 6.16. The monoisotopic (exact) mass is 483 g/mol. The largest absolute Gasteiger partial charge is 0.391 e. The van der Waals surface area contributed by atoms with Crippen molar-refractivity contribution in [2.45, 2.75) is 31.5 Å². The van der Waals surface area contributed by atoms with Crippen LogP contribution in [0.1, 0.15) is 23.7 Å². The highest BCUT2D eigenvalue weighted by Gasteiger charge is 2.26. The summed E-state index contributed by atoms with van der Waals surface area (Å²) in [5.41, 5.74) is 4.21. The second kappa shape index (κ2) is 11.9. The summed E-state index contributed by atoms with van der Waals surface area (Å²) in [5.74, 6) is -1.51. The number of likely N-dealkylation sites (tertiary alicyclic amines) is 1. The highest BCUT2D eigenvalue weighted by molar-refractivity contribution is 5.98. The molecule has 10 heteroatoms. The number of rotatable bonds is 9. The highest BCUT2D eigenvalue weighted by atomic mass is 16.5. The van der Waals surface area contributed by atoms with Crippen LogP contribution in [0.5, 0.6) is 0 Å². The molecule has 1 aliphatic rings. The second-order valence-corrected chi connectivity index (χ2v) is 9.01. The first-order valence-corrected chi connectivity index (χ1v) is 11.5. The standard InChI is InChI=1S/C25H33N5O5/c1-16(31)23(25(34)28-35)27-24(33)19-6-4-17(5-7-19)18-8-10-20(11-9-18)26-22(32)15-30-13-12-21(14-30)29(2)3/h4-11,16,21,23,31,35H,12-15H2,1-3H3,(H,26,32)(H,27,33)(H,28,34)/t16-,21+,23+/m1/s1. The average molecular weight is 484 g/mol. The molecule has 0 aliphatic carbocycles. The molecule has 0 saturated carbocycles. The molecule has 1 fully saturated rings. The topological polar surface area (TPSA) is 134 Å². The van der Waals surface area contributed by atoms with Gasteiger partial charge in [0.05, 0.1) is 12.6 Å². The predicted molar refractivity (Wildman–Crippen MR) is 132 cm³/mol. The molecule has 0 bridgehead atoms. The Morgan fingerprint density at radius 2 is 1.66 bits per heavy atom. The molecule has 2 aromatic carbocycles. The number of nitrogens with zero attached hydrogens (tertiary/aromatic N) is 2. The normalized spacial score (nSPS) is 17.6. The van der Waals surface area contributed by atoms with Gasteiger partial charge in [0, 0.05) is 30.4 Å². The number of hydrogen-bond acceptors (Lipinski definition) is 7. The smallest absolute Gasteiger partial charge is 0.268 e. The number of anilines is 1. The van der Waals surface area contributed by atoms with Crippen LogP contribution < -0.4 is 16.1 Å². The van der Waals surface area contributed by atoms with Crippen molar-refractivity contribution < 1.29 is 24.7 Å². The van der Waals surface area contributed by atoms with Crippen molar-refractivity contribution in [1.29, 1.82) is 0 Å². The van der Waals surface area contributed by atoms with Gasteiger partial charge in [-0.25, -0.2) is 5.48 Å². The number of aliphatic hydroxyl groups is 1. The summed E-state index contributed by atoms with van der Waals surface area (Å²) in [6, 6.07) is 13.4. The Hall–Kier alpha value is -3.31. The zero-order valence-electron chi connectivity index (χ0n) is 20.2. The van der Waals surface area contributed by atoms with Gasteiger partial charge in [0.15, 0.2) is 0 Å². The Labute approximate surface area is 204 Å². The fraction of sp³-hybridized carbons (Fsp3) is 0.400. The molecular weight excluding hydrogens is 450 g/mol. The zero-order valence-corrected chi connectivity index (χ0v) is 20.2. The van der Waals surface area contributed by atoms with Gasteiger partial charge in [0.25, 0.3) is 11.8 Å². The summed E-state index contributed by atoms with van der Waals surface area (Å²) in [5, 5.41) is 23.8. The van der Waals surface area contributed by atoms with Crippen LogP contribution in [0.15, 0.2) is 48.5 Å². The average Bonchev–Trinajstić information content (AvgIpc) is 3.31. The van der Waals surface area contributed by atoms with Gasteiger partial charge in [-0.2, -0.15) is 0 Å². The summed E-state index contributed by atoms with van der Waals surface area (Å²) in [6.45, 7) is 3.51. The van der Waals surface area contributed by atoms with Gasteiger partial charge in [-0.3, -0.25) is 24.5 Å². The summed E-state index contributed by atoms with van der Waals surface area (Å²) >= 11 is 0. The lowest BCUT2D eigenvalue weighted by Crippen LogP contribution is -2.51. The van der Waals surface area contributed by atoms with Gasteiger partial charge in [-0.15, -0.1) is 0 Å². The van der Waals surface area contributed by atoms with E-state index >= 15 is 0 Å². The lowest BCUT2D eigenvalue weighted by molar-refractivity contribution is -0.133. The summed E-state index contributed by atoms with van der Waals surface area (Å²) < 4.78 is 0. The van der Waals surface area contributed by atoms with E-state index in [1.165, 1.54) is 12.4 Å². The zero-order chi connectivity index (χ0) is 25.5. The minimum absolute atomic E-state index is 0.0436. The molecule has 1 aliphatic heterocycles. The van der Waals surface area contributed by atoms with E-state index in [0.29, 0.717) is 23.8 Å². The fourth-order valence-corrected chi connectivity index (χ4v) is 4.04. The van der Waals surface area contributed by atoms with E-state index in [4.69, 9.17) is 5.21 Å². The van der Waals surface area contributed by atoms with E-state index in [9.17, 15) is 19.5 Å². The molecule has 10 nitrogen and oxygen atoms in total. The van der Waals surface area contributed by atoms with Gasteiger partial charge in [0.2, 0.25) is 5.91 Å². The van der Waals surface area contributed by atoms with Gasteiger partial charge >= 0.3 is 0 Å². The molecule has 5 N–H and O–H groups in total. The molecule has 0 aromatic heterocycles. The summed E-state index contributed by atoms with van der Waals surface area (Å²) in [7, 11) is 4.12. The first-order chi connectivity index (χ1) is 16.7. The second-order valence-electron chi connectivity index (χ2n) is 9.01. The minimum Gasteiger partial charge on any atom is -0.391 e. The number of amides is 3. The molecule has 35 heavy (non-hydrogen) atoms. The van der Waals surface area contributed by atoms with Crippen LogP contribution in [0.25, 0.3) is 11.1 Å². The van der Waals surface area contributed by atoms with Crippen molar-refractivity contribution in [2.75, 3.05) is 39.0 Å². The molecule has 3 atom stereocenters. The number of carbonyl (C=O) groups excluding carboxylic acids is 3. The Kier molecular flexibility index (Phi) is 8.94. The van der Waals surface area contributed by atoms with Crippen LogP contribution in [0.2, 0.25) is 0 Å². The number of nitrogens with one attached hydrogen (secondary N) is 3. The van der Waals surface area contributed by atoms with Crippen LogP contribution in [-0.2, 0) is 9.59 Å². The molecule has 0 unspecified atom stereocenters. The van der Waals surface area contributed by atoms with Gasteiger partial charge < -0.3 is 20.6 Å². The van der Waals surface area contributed by atoms with Crippen molar-refractivity contribution in [1.82, 2.24) is 20.6 Å². The van der Waals surface area contributed by atoms with E-state index in [1.807, 2.05) is 24.3 Å². The Balaban J connectivity index is 1.56. The molecular formula is C25H33N5O5. The molecule has 188 valence electrons. The van der Waals surface area contributed by atoms with Crippen molar-refractivity contribution in [3.05, 3.63) is 54.1 Å². The number of carbonyl (C=O) groups is 3. The number of hydroxylamine groups is 1. The van der Waals surface area contributed by atoms with Crippen molar-refractivity contribution >= 4 is 23.4 Å². The first-order valence-electron chi connectivity index (χ1n) is 11.5. The van der Waals surface area contributed by atoms with Crippen molar-refractivity contribution in [3.8, 4) is 11.1 Å². The molecule has 0 radical (unpaired) electrons. The number of benzene rings is 2. The Bertz CT molecular complexity index is 1020. The van der Waals surface area contributed by atoms with Crippen molar-refractivity contribution in [2.24, 2.45) is 0 Å². The first kappa shape index (κ1) is 26.3. The lowest BCUT2D eigenvalue weighted by Gasteiger charge is -2.20. The van der Waals surface area contributed by atoms with E-state index in [0.717, 1.165) is 30.6 Å². The minimum atomic E-state index is -1.28. The molecule has 3 rings (SSSR count). The van der Waals surface area contributed by atoms with E-state index < -0.39 is 24.0 Å². The SMILES string of the molecule is C[C@@H](O)[C@H](NC(=O)c1ccc(-c2ccc(NC(=O)CN3CC[C@H](N(C)C)C3)cc2)cc1)C(=O)NO. The predicted octanol–water partition coefficient (Wildman–Crippen LogP) is 0.913. The third-order valence-electron chi connectivity index (χ3n) is 6.16. The van der Waals surface area contributed by atoms with Crippen molar-refractivity contribution in [3.63, 3.8) is 0 Å². The van der Waals surface area contributed by atoms with E-state index in [2.05, 4.69) is 34.5 Å². The van der Waals surface area contributed by atoms with Crippen LogP contribution >= 0.6 is 0 Å². The van der Waals surface area contributed by atoms with E-state index in [1.54, 1.807) is 24.3 Å². The Morgan fingerprint density at radius 1 is 1.06 bits per heavy atom. The quantitative estimate of drug-likeness (QED) is 0.264. The number of hydrogen-bond donors (Lipinski definition) is 5. The van der Waals surface area contributed by atoms with Crippen LogP contribution in [0, 0.1) is 0 Å². The highest BCUT2D eigenvalue weighted by Crippen LogP contribution is 2.22. The fourth-order valence-electron chi connectivity index (χ4n) is 4.04. The molecule has 2 aromatic rings. The number of likely N-dealkylation sites (N-methyl/N-ethyl adjacent to an activating group) is 1.